The molecule has 1 aliphatic carbocycles. The van der Waals surface area contributed by atoms with Gasteiger partial charge >= 0.3 is 6.09 Å². The van der Waals surface area contributed by atoms with Gasteiger partial charge in [-0.1, -0.05) is 6.42 Å². The minimum absolute atomic E-state index is 0.0175. The first kappa shape index (κ1) is 15.3. The zero-order valence-electron chi connectivity index (χ0n) is 11.7. The fourth-order valence-corrected chi connectivity index (χ4v) is 2.41. The Bertz CT molecular complexity index is 484. The molecule has 1 atom stereocenters. The van der Waals surface area contributed by atoms with E-state index in [0.717, 1.165) is 12.1 Å². The average Bonchev–Trinajstić information content (AvgIpc) is 2.89. The number of aromatic amines is 1. The van der Waals surface area contributed by atoms with Crippen molar-refractivity contribution >= 4 is 12.0 Å². The van der Waals surface area contributed by atoms with Crippen LogP contribution in [0.15, 0.2) is 12.5 Å². The van der Waals surface area contributed by atoms with Gasteiger partial charge in [-0.25, -0.2) is 9.78 Å². The van der Waals surface area contributed by atoms with Crippen LogP contribution in [0.4, 0.5) is 4.79 Å². The summed E-state index contributed by atoms with van der Waals surface area (Å²) in [4.78, 5) is 29.9. The highest BCUT2D eigenvalue weighted by atomic mass is 16.5. The molecule has 0 radical (unpaired) electrons. The van der Waals surface area contributed by atoms with E-state index in [1.54, 1.807) is 12.5 Å². The lowest BCUT2D eigenvalue weighted by molar-refractivity contribution is -0.140. The first-order chi connectivity index (χ1) is 10.1. The van der Waals surface area contributed by atoms with Gasteiger partial charge in [0.1, 0.15) is 6.61 Å². The van der Waals surface area contributed by atoms with Gasteiger partial charge in [-0.2, -0.15) is 0 Å². The van der Waals surface area contributed by atoms with Gasteiger partial charge in [-0.3, -0.25) is 4.79 Å². The second kappa shape index (κ2) is 6.57. The van der Waals surface area contributed by atoms with Crippen LogP contribution in [0.1, 0.15) is 25.0 Å². The Hall–Kier alpha value is -2.09. The summed E-state index contributed by atoms with van der Waals surface area (Å²) in [6, 6.07) is -0.413. The number of aromatic nitrogens is 2. The van der Waals surface area contributed by atoms with Crippen molar-refractivity contribution < 1.29 is 19.4 Å². The molecule has 21 heavy (non-hydrogen) atoms. The van der Waals surface area contributed by atoms with E-state index in [1.165, 1.54) is 0 Å². The van der Waals surface area contributed by atoms with Gasteiger partial charge in [0.05, 0.1) is 24.4 Å². The molecule has 0 aromatic carbocycles. The van der Waals surface area contributed by atoms with Crippen LogP contribution in [-0.4, -0.2) is 46.3 Å². The van der Waals surface area contributed by atoms with Crippen molar-refractivity contribution in [2.45, 2.75) is 31.7 Å². The maximum Gasteiger partial charge on any atom is 0.404 e. The van der Waals surface area contributed by atoms with E-state index in [4.69, 9.17) is 10.5 Å². The number of primary amides is 1. The van der Waals surface area contributed by atoms with Crippen molar-refractivity contribution in [1.29, 1.82) is 0 Å². The number of aliphatic hydroxyl groups is 1. The molecule has 1 aromatic heterocycles. The summed E-state index contributed by atoms with van der Waals surface area (Å²) in [5.41, 5.74) is 5.06. The smallest absolute Gasteiger partial charge is 0.404 e. The van der Waals surface area contributed by atoms with E-state index >= 15 is 0 Å². The molecule has 2 rings (SSSR count). The lowest BCUT2D eigenvalue weighted by Crippen LogP contribution is -2.53. The SMILES string of the molecule is NC(=O)OCC1(C(=O)NC(CO)Cc2cnc[nH]2)CCC1. The van der Waals surface area contributed by atoms with Crippen molar-refractivity contribution in [2.24, 2.45) is 11.1 Å². The number of nitrogens with one attached hydrogen (secondary N) is 2. The number of imidazole rings is 1. The highest BCUT2D eigenvalue weighted by Crippen LogP contribution is 2.41. The Labute approximate surface area is 122 Å². The summed E-state index contributed by atoms with van der Waals surface area (Å²) < 4.78 is 4.79. The molecule has 5 N–H and O–H groups in total. The maximum atomic E-state index is 12.4. The molecule has 1 saturated carbocycles. The maximum absolute atomic E-state index is 12.4. The van der Waals surface area contributed by atoms with Crippen molar-refractivity contribution in [3.8, 4) is 0 Å². The Balaban J connectivity index is 1.92. The minimum atomic E-state index is -0.884. The molecule has 0 spiro atoms. The molecule has 8 heteroatoms. The summed E-state index contributed by atoms with van der Waals surface area (Å²) in [6.45, 7) is -0.201. The number of hydrogen-bond donors (Lipinski definition) is 4. The third kappa shape index (κ3) is 3.72. The number of carbonyl (C=O) groups excluding carboxylic acids is 2. The summed E-state index contributed by atoms with van der Waals surface area (Å²) in [6.07, 6.45) is 4.95. The van der Waals surface area contributed by atoms with Gasteiger partial charge in [0.25, 0.3) is 0 Å². The minimum Gasteiger partial charge on any atom is -0.449 e. The normalized spacial score (nSPS) is 17.6. The molecule has 2 amide bonds. The Kier molecular flexibility index (Phi) is 4.79. The Morgan fingerprint density at radius 1 is 1.57 bits per heavy atom. The third-order valence-corrected chi connectivity index (χ3v) is 3.86. The largest absolute Gasteiger partial charge is 0.449 e. The van der Waals surface area contributed by atoms with Crippen LogP contribution in [-0.2, 0) is 16.0 Å². The van der Waals surface area contributed by atoms with E-state index in [-0.39, 0.29) is 19.1 Å². The number of hydrogen-bond acceptors (Lipinski definition) is 5. The lowest BCUT2D eigenvalue weighted by Gasteiger charge is -2.40. The molecule has 1 heterocycles. The van der Waals surface area contributed by atoms with Crippen molar-refractivity contribution in [2.75, 3.05) is 13.2 Å². The summed E-state index contributed by atoms with van der Waals surface area (Å²) >= 11 is 0. The van der Waals surface area contributed by atoms with E-state index in [2.05, 4.69) is 15.3 Å². The molecular weight excluding hydrogens is 276 g/mol. The first-order valence-corrected chi connectivity index (χ1v) is 6.87. The van der Waals surface area contributed by atoms with Crippen LogP contribution in [0.25, 0.3) is 0 Å². The number of H-pyrrole nitrogens is 1. The second-order valence-corrected chi connectivity index (χ2v) is 5.38. The predicted molar refractivity (Wildman–Crippen MR) is 73.1 cm³/mol. The summed E-state index contributed by atoms with van der Waals surface area (Å²) in [5, 5.41) is 12.2. The number of carbonyl (C=O) groups is 2. The molecular formula is C13H20N4O4. The van der Waals surface area contributed by atoms with Gasteiger partial charge in [-0.05, 0) is 12.8 Å². The molecule has 1 aliphatic rings. The fraction of sp³-hybridized carbons (Fsp3) is 0.615. The predicted octanol–water partition coefficient (Wildman–Crippen LogP) is -0.305. The van der Waals surface area contributed by atoms with Crippen LogP contribution >= 0.6 is 0 Å². The standard InChI is InChI=1S/C13H20N4O4/c14-12(20)21-7-13(2-1-3-13)11(19)17-10(6-18)4-9-5-15-8-16-9/h5,8,10,18H,1-4,6-7H2,(H2,14,20)(H,15,16)(H,17,19). The number of rotatable bonds is 7. The van der Waals surface area contributed by atoms with Crippen molar-refractivity contribution in [1.82, 2.24) is 15.3 Å². The molecule has 0 aliphatic heterocycles. The molecule has 8 nitrogen and oxygen atoms in total. The highest BCUT2D eigenvalue weighted by Gasteiger charge is 2.45. The highest BCUT2D eigenvalue weighted by molar-refractivity contribution is 5.84. The molecule has 1 aromatic rings. The van der Waals surface area contributed by atoms with E-state index in [1.807, 2.05) is 0 Å². The van der Waals surface area contributed by atoms with Gasteiger partial charge in [0.15, 0.2) is 0 Å². The monoisotopic (exact) mass is 296 g/mol. The van der Waals surface area contributed by atoms with Gasteiger partial charge in [0.2, 0.25) is 5.91 Å². The van der Waals surface area contributed by atoms with Crippen LogP contribution in [0.2, 0.25) is 0 Å². The van der Waals surface area contributed by atoms with Crippen molar-refractivity contribution in [3.63, 3.8) is 0 Å². The lowest BCUT2D eigenvalue weighted by atomic mass is 9.68. The van der Waals surface area contributed by atoms with Crippen LogP contribution < -0.4 is 11.1 Å². The average molecular weight is 296 g/mol. The van der Waals surface area contributed by atoms with Crippen LogP contribution in [0.5, 0.6) is 0 Å². The third-order valence-electron chi connectivity index (χ3n) is 3.86. The molecule has 116 valence electrons. The van der Waals surface area contributed by atoms with E-state index < -0.39 is 17.6 Å². The summed E-state index contributed by atoms with van der Waals surface area (Å²) in [5.74, 6) is -0.214. The molecule has 0 bridgehead atoms. The second-order valence-electron chi connectivity index (χ2n) is 5.38. The number of nitrogens with zero attached hydrogens (tertiary/aromatic N) is 1. The quantitative estimate of drug-likeness (QED) is 0.548. The van der Waals surface area contributed by atoms with Gasteiger partial charge in [0, 0.05) is 18.3 Å². The van der Waals surface area contributed by atoms with E-state index in [9.17, 15) is 14.7 Å². The Morgan fingerprint density at radius 3 is 2.81 bits per heavy atom. The topological polar surface area (TPSA) is 130 Å². The number of nitrogens with two attached hydrogens (primary N) is 1. The molecule has 1 fully saturated rings. The number of amides is 2. The van der Waals surface area contributed by atoms with Crippen molar-refractivity contribution in [3.05, 3.63) is 18.2 Å². The first-order valence-electron chi connectivity index (χ1n) is 6.87. The molecule has 1 unspecified atom stereocenters. The fourth-order valence-electron chi connectivity index (χ4n) is 2.41. The number of aliphatic hydroxyl groups excluding tert-OH is 1. The van der Waals surface area contributed by atoms with Crippen LogP contribution in [0, 0.1) is 5.41 Å². The zero-order chi connectivity index (χ0) is 15.3. The zero-order valence-corrected chi connectivity index (χ0v) is 11.7. The van der Waals surface area contributed by atoms with Gasteiger partial charge < -0.3 is 25.9 Å². The van der Waals surface area contributed by atoms with E-state index in [0.29, 0.717) is 19.3 Å². The Morgan fingerprint density at radius 2 is 2.33 bits per heavy atom. The molecule has 0 saturated heterocycles. The summed E-state index contributed by atoms with van der Waals surface area (Å²) in [7, 11) is 0. The van der Waals surface area contributed by atoms with Crippen LogP contribution in [0.3, 0.4) is 0 Å². The number of ether oxygens (including phenoxy) is 1. The van der Waals surface area contributed by atoms with Gasteiger partial charge in [-0.15, -0.1) is 0 Å².